The van der Waals surface area contributed by atoms with Crippen molar-refractivity contribution in [1.29, 1.82) is 0 Å². The normalized spacial score (nSPS) is 11.0. The van der Waals surface area contributed by atoms with E-state index in [0.29, 0.717) is 0 Å². The average Bonchev–Trinajstić information content (AvgIpc) is 2.57. The highest BCUT2D eigenvalue weighted by Crippen LogP contribution is 2.18. The summed E-state index contributed by atoms with van der Waals surface area (Å²) in [7, 11) is 0. The lowest BCUT2D eigenvalue weighted by Crippen LogP contribution is -2.00. The van der Waals surface area contributed by atoms with E-state index in [1.807, 2.05) is 6.07 Å². The van der Waals surface area contributed by atoms with Crippen molar-refractivity contribution in [2.45, 2.75) is 19.8 Å². The van der Waals surface area contributed by atoms with Crippen LogP contribution >= 0.6 is 0 Å². The molecule has 3 nitrogen and oxygen atoms in total. The maximum Gasteiger partial charge on any atom is 0.0923 e. The number of benzene rings is 1. The van der Waals surface area contributed by atoms with Crippen LogP contribution in [-0.2, 0) is 6.42 Å². The maximum absolute atomic E-state index is 5.48. The van der Waals surface area contributed by atoms with Gasteiger partial charge < -0.3 is 5.73 Å². The number of aromatic amines is 1. The van der Waals surface area contributed by atoms with Gasteiger partial charge in [-0.25, -0.2) is 0 Å². The van der Waals surface area contributed by atoms with E-state index in [9.17, 15) is 0 Å². The maximum atomic E-state index is 5.48. The molecule has 0 fully saturated rings. The van der Waals surface area contributed by atoms with Crippen molar-refractivity contribution >= 4 is 10.9 Å². The zero-order chi connectivity index (χ0) is 9.97. The quantitative estimate of drug-likeness (QED) is 0.773. The van der Waals surface area contributed by atoms with Gasteiger partial charge in [0.2, 0.25) is 0 Å². The molecule has 0 unspecified atom stereocenters. The first-order chi connectivity index (χ1) is 6.81. The predicted molar refractivity (Wildman–Crippen MR) is 58.2 cm³/mol. The second kappa shape index (κ2) is 3.80. The largest absolute Gasteiger partial charge is 0.330 e. The molecular formula is C11H15N3. The topological polar surface area (TPSA) is 54.7 Å². The van der Waals surface area contributed by atoms with Crippen molar-refractivity contribution in [2.75, 3.05) is 6.54 Å². The third kappa shape index (κ3) is 1.63. The molecule has 2 aromatic rings. The molecule has 0 bridgehead atoms. The van der Waals surface area contributed by atoms with E-state index in [0.717, 1.165) is 24.9 Å². The Balaban J connectivity index is 2.40. The SMILES string of the molecule is Cc1ccc2n[nH]c(CCCN)c2c1. The van der Waals surface area contributed by atoms with Crippen LogP contribution in [-0.4, -0.2) is 16.7 Å². The molecule has 0 aliphatic carbocycles. The number of nitrogens with two attached hydrogens (primary N) is 1. The number of hydrogen-bond acceptors (Lipinski definition) is 2. The van der Waals surface area contributed by atoms with Crippen molar-refractivity contribution in [3.63, 3.8) is 0 Å². The van der Waals surface area contributed by atoms with Crippen LogP contribution in [0.2, 0.25) is 0 Å². The molecule has 0 saturated carbocycles. The highest BCUT2D eigenvalue weighted by atomic mass is 15.1. The first-order valence-corrected chi connectivity index (χ1v) is 4.95. The predicted octanol–water partition coefficient (Wildman–Crippen LogP) is 1.76. The molecule has 14 heavy (non-hydrogen) atoms. The van der Waals surface area contributed by atoms with E-state index in [1.54, 1.807) is 0 Å². The van der Waals surface area contributed by atoms with Gasteiger partial charge in [-0.1, -0.05) is 11.6 Å². The molecule has 0 amide bonds. The molecule has 0 aliphatic heterocycles. The van der Waals surface area contributed by atoms with Crippen molar-refractivity contribution in [3.05, 3.63) is 29.5 Å². The number of H-pyrrole nitrogens is 1. The van der Waals surface area contributed by atoms with E-state index in [-0.39, 0.29) is 0 Å². The summed E-state index contributed by atoms with van der Waals surface area (Å²) in [5.74, 6) is 0. The molecule has 3 N–H and O–H groups in total. The van der Waals surface area contributed by atoms with Gasteiger partial charge in [0.15, 0.2) is 0 Å². The summed E-state index contributed by atoms with van der Waals surface area (Å²) in [5.41, 5.74) is 9.00. The molecule has 74 valence electrons. The summed E-state index contributed by atoms with van der Waals surface area (Å²) in [4.78, 5) is 0. The summed E-state index contributed by atoms with van der Waals surface area (Å²) in [6, 6.07) is 6.30. The van der Waals surface area contributed by atoms with Gasteiger partial charge in [0.25, 0.3) is 0 Å². The van der Waals surface area contributed by atoms with Gasteiger partial charge in [0, 0.05) is 11.1 Å². The monoisotopic (exact) mass is 189 g/mol. The van der Waals surface area contributed by atoms with Crippen molar-refractivity contribution in [2.24, 2.45) is 5.73 Å². The summed E-state index contributed by atoms with van der Waals surface area (Å²) < 4.78 is 0. The highest BCUT2D eigenvalue weighted by molar-refractivity contribution is 5.81. The fourth-order valence-electron chi connectivity index (χ4n) is 1.65. The van der Waals surface area contributed by atoms with Crippen LogP contribution in [0.1, 0.15) is 17.7 Å². The van der Waals surface area contributed by atoms with Gasteiger partial charge in [0.05, 0.1) is 5.52 Å². The van der Waals surface area contributed by atoms with Crippen molar-refractivity contribution in [3.8, 4) is 0 Å². The Morgan fingerprint density at radius 3 is 3.07 bits per heavy atom. The van der Waals surface area contributed by atoms with Crippen LogP contribution in [0.25, 0.3) is 10.9 Å². The smallest absolute Gasteiger partial charge is 0.0923 e. The molecule has 1 heterocycles. The number of hydrogen-bond donors (Lipinski definition) is 2. The minimum absolute atomic E-state index is 0.729. The van der Waals surface area contributed by atoms with Crippen molar-refractivity contribution < 1.29 is 0 Å². The van der Waals surface area contributed by atoms with Gasteiger partial charge in [-0.3, -0.25) is 5.10 Å². The third-order valence-electron chi connectivity index (χ3n) is 2.42. The summed E-state index contributed by atoms with van der Waals surface area (Å²) in [6.45, 7) is 2.82. The van der Waals surface area contributed by atoms with E-state index >= 15 is 0 Å². The summed E-state index contributed by atoms with van der Waals surface area (Å²) in [5, 5.41) is 8.55. The molecule has 0 spiro atoms. The second-order valence-corrected chi connectivity index (χ2v) is 3.61. The van der Waals surface area contributed by atoms with E-state index < -0.39 is 0 Å². The van der Waals surface area contributed by atoms with E-state index in [2.05, 4.69) is 29.3 Å². The van der Waals surface area contributed by atoms with Gasteiger partial charge in [0.1, 0.15) is 0 Å². The molecule has 3 heteroatoms. The molecule has 1 aromatic heterocycles. The first-order valence-electron chi connectivity index (χ1n) is 4.95. The first kappa shape index (κ1) is 9.21. The number of nitrogens with zero attached hydrogens (tertiary/aromatic N) is 1. The fraction of sp³-hybridized carbons (Fsp3) is 0.364. The van der Waals surface area contributed by atoms with Crippen LogP contribution in [0.15, 0.2) is 18.2 Å². The minimum Gasteiger partial charge on any atom is -0.330 e. The zero-order valence-electron chi connectivity index (χ0n) is 8.38. The Morgan fingerprint density at radius 1 is 1.43 bits per heavy atom. The number of fused-ring (bicyclic) bond motifs is 1. The Morgan fingerprint density at radius 2 is 2.29 bits per heavy atom. The second-order valence-electron chi connectivity index (χ2n) is 3.61. The molecule has 0 radical (unpaired) electrons. The Bertz CT molecular complexity index is 431. The molecule has 0 saturated heterocycles. The van der Waals surface area contributed by atoms with E-state index in [4.69, 9.17) is 5.73 Å². The number of aromatic nitrogens is 2. The molecule has 0 atom stereocenters. The summed E-state index contributed by atoms with van der Waals surface area (Å²) >= 11 is 0. The molecule has 0 aliphatic rings. The van der Waals surface area contributed by atoms with Crippen LogP contribution < -0.4 is 5.73 Å². The lowest BCUT2D eigenvalue weighted by molar-refractivity contribution is 0.808. The van der Waals surface area contributed by atoms with Gasteiger partial charge in [-0.15, -0.1) is 0 Å². The van der Waals surface area contributed by atoms with Crippen molar-refractivity contribution in [1.82, 2.24) is 10.2 Å². The number of aryl methyl sites for hydroxylation is 2. The van der Waals surface area contributed by atoms with Gasteiger partial charge >= 0.3 is 0 Å². The lowest BCUT2D eigenvalue weighted by atomic mass is 10.1. The minimum atomic E-state index is 0.729. The Hall–Kier alpha value is -1.35. The number of nitrogens with one attached hydrogen (secondary N) is 1. The highest BCUT2D eigenvalue weighted by Gasteiger charge is 2.03. The number of rotatable bonds is 3. The van der Waals surface area contributed by atoms with Crippen LogP contribution in [0.3, 0.4) is 0 Å². The van der Waals surface area contributed by atoms with Crippen LogP contribution in [0.5, 0.6) is 0 Å². The van der Waals surface area contributed by atoms with Gasteiger partial charge in [-0.2, -0.15) is 5.10 Å². The lowest BCUT2D eigenvalue weighted by Gasteiger charge is -1.97. The fourth-order valence-corrected chi connectivity index (χ4v) is 1.65. The zero-order valence-corrected chi connectivity index (χ0v) is 8.38. The average molecular weight is 189 g/mol. The Kier molecular flexibility index (Phi) is 2.50. The molecular weight excluding hydrogens is 174 g/mol. The van der Waals surface area contributed by atoms with Crippen LogP contribution in [0.4, 0.5) is 0 Å². The molecule has 2 rings (SSSR count). The summed E-state index contributed by atoms with van der Waals surface area (Å²) in [6.07, 6.45) is 1.99. The van der Waals surface area contributed by atoms with Gasteiger partial charge in [-0.05, 0) is 38.4 Å². The third-order valence-corrected chi connectivity index (χ3v) is 2.42. The van der Waals surface area contributed by atoms with E-state index in [1.165, 1.54) is 16.6 Å². The Labute approximate surface area is 83.3 Å². The standard InChI is InChI=1S/C11H15N3/c1-8-4-5-11-9(7-8)10(13-14-11)3-2-6-12/h4-5,7H,2-3,6,12H2,1H3,(H,13,14). The van der Waals surface area contributed by atoms with Crippen LogP contribution in [0, 0.1) is 6.92 Å². The molecule has 1 aromatic carbocycles.